The van der Waals surface area contributed by atoms with Crippen molar-refractivity contribution in [3.63, 3.8) is 0 Å². The number of carbonyl (C=O) groups is 1. The summed E-state index contributed by atoms with van der Waals surface area (Å²) in [6.07, 6.45) is 5.56. The summed E-state index contributed by atoms with van der Waals surface area (Å²) in [5.41, 5.74) is 1.92. The van der Waals surface area contributed by atoms with Crippen LogP contribution in [-0.2, 0) is 0 Å². The highest BCUT2D eigenvalue weighted by molar-refractivity contribution is 5.95. The van der Waals surface area contributed by atoms with Gasteiger partial charge in [-0.3, -0.25) is 4.79 Å². The molecule has 1 amide bonds. The van der Waals surface area contributed by atoms with E-state index >= 15 is 0 Å². The first-order valence-corrected chi connectivity index (χ1v) is 9.93. The molecule has 1 atom stereocenters. The maximum absolute atomic E-state index is 12.7. The van der Waals surface area contributed by atoms with Crippen molar-refractivity contribution in [1.82, 2.24) is 30.0 Å². The van der Waals surface area contributed by atoms with Crippen molar-refractivity contribution >= 4 is 5.91 Å². The number of hydrogen-bond acceptors (Lipinski definition) is 6. The van der Waals surface area contributed by atoms with Crippen molar-refractivity contribution in [2.75, 3.05) is 26.7 Å². The van der Waals surface area contributed by atoms with Gasteiger partial charge in [0.2, 0.25) is 0 Å². The van der Waals surface area contributed by atoms with Gasteiger partial charge in [0.25, 0.3) is 11.9 Å². The molecule has 8 heteroatoms. The van der Waals surface area contributed by atoms with Crippen LogP contribution in [0, 0.1) is 19.8 Å². The number of aromatic nitrogens is 4. The molecule has 0 aliphatic carbocycles. The van der Waals surface area contributed by atoms with Gasteiger partial charge in [0.05, 0.1) is 17.5 Å². The van der Waals surface area contributed by atoms with Crippen LogP contribution in [0.15, 0.2) is 35.0 Å². The molecule has 152 valence electrons. The zero-order valence-electron chi connectivity index (χ0n) is 17.1. The molecule has 4 rings (SSSR count). The lowest BCUT2D eigenvalue weighted by atomic mass is 9.98. The molecule has 1 aliphatic rings. The van der Waals surface area contributed by atoms with Crippen molar-refractivity contribution < 1.29 is 9.21 Å². The average molecular weight is 394 g/mol. The molecule has 1 N–H and O–H groups in total. The molecule has 0 saturated carbocycles. The molecule has 3 aromatic heterocycles. The molecule has 0 aromatic carbocycles. The average Bonchev–Trinajstić information content (AvgIpc) is 3.32. The number of hydrogen-bond donors (Lipinski definition) is 1. The minimum absolute atomic E-state index is 0.111. The van der Waals surface area contributed by atoms with E-state index in [9.17, 15) is 4.79 Å². The van der Waals surface area contributed by atoms with Crippen LogP contribution in [0.4, 0.5) is 0 Å². The number of likely N-dealkylation sites (tertiary alicyclic amines) is 1. The predicted molar refractivity (Wildman–Crippen MR) is 109 cm³/mol. The van der Waals surface area contributed by atoms with Gasteiger partial charge in [-0.05, 0) is 64.4 Å². The number of nitrogens with one attached hydrogen (secondary N) is 1. The van der Waals surface area contributed by atoms with Gasteiger partial charge in [-0.1, -0.05) is 0 Å². The normalized spacial score (nSPS) is 17.4. The Morgan fingerprint density at radius 2 is 2.17 bits per heavy atom. The largest absolute Gasteiger partial charge is 0.460 e. The highest BCUT2D eigenvalue weighted by atomic mass is 16.3. The Hall–Kier alpha value is -3.00. The number of rotatable bonds is 5. The van der Waals surface area contributed by atoms with Gasteiger partial charge in [0, 0.05) is 19.3 Å². The Kier molecular flexibility index (Phi) is 5.44. The lowest BCUT2D eigenvalue weighted by molar-refractivity contribution is 0.0936. The minimum Gasteiger partial charge on any atom is -0.460 e. The second kappa shape index (κ2) is 8.16. The van der Waals surface area contributed by atoms with Gasteiger partial charge in [-0.25, -0.2) is 14.6 Å². The van der Waals surface area contributed by atoms with Gasteiger partial charge in [0.1, 0.15) is 11.5 Å². The maximum atomic E-state index is 12.7. The molecule has 1 unspecified atom stereocenters. The van der Waals surface area contributed by atoms with E-state index in [0.717, 1.165) is 25.3 Å². The third kappa shape index (κ3) is 4.22. The van der Waals surface area contributed by atoms with E-state index in [2.05, 4.69) is 32.3 Å². The van der Waals surface area contributed by atoms with Crippen molar-refractivity contribution in [2.24, 2.45) is 5.92 Å². The van der Waals surface area contributed by atoms with Crippen LogP contribution in [0.2, 0.25) is 0 Å². The van der Waals surface area contributed by atoms with Gasteiger partial charge in [-0.15, -0.1) is 0 Å². The first kappa shape index (κ1) is 19.3. The van der Waals surface area contributed by atoms with Crippen LogP contribution in [-0.4, -0.2) is 57.2 Å². The van der Waals surface area contributed by atoms with Crippen molar-refractivity contribution in [3.8, 4) is 17.4 Å². The Morgan fingerprint density at radius 3 is 2.93 bits per heavy atom. The molecule has 0 spiro atoms. The van der Waals surface area contributed by atoms with Crippen molar-refractivity contribution in [2.45, 2.75) is 26.7 Å². The fourth-order valence-electron chi connectivity index (χ4n) is 3.77. The van der Waals surface area contributed by atoms with Crippen LogP contribution in [0.25, 0.3) is 17.4 Å². The Morgan fingerprint density at radius 1 is 1.31 bits per heavy atom. The fraction of sp³-hybridized carbons (Fsp3) is 0.429. The molecule has 0 radical (unpaired) electrons. The molecular formula is C21H26N6O2. The maximum Gasteiger partial charge on any atom is 0.254 e. The molecule has 8 nitrogen and oxygen atoms in total. The molecule has 4 heterocycles. The lowest BCUT2D eigenvalue weighted by Crippen LogP contribution is -2.39. The monoisotopic (exact) mass is 394 g/mol. The van der Waals surface area contributed by atoms with Gasteiger partial charge < -0.3 is 14.6 Å². The molecule has 29 heavy (non-hydrogen) atoms. The second-order valence-electron chi connectivity index (χ2n) is 7.69. The summed E-state index contributed by atoms with van der Waals surface area (Å²) in [5.74, 6) is 2.27. The summed E-state index contributed by atoms with van der Waals surface area (Å²) < 4.78 is 7.23. The summed E-state index contributed by atoms with van der Waals surface area (Å²) in [6.45, 7) is 6.57. The molecule has 0 bridgehead atoms. The Balaban J connectivity index is 1.49. The van der Waals surface area contributed by atoms with E-state index < -0.39 is 0 Å². The summed E-state index contributed by atoms with van der Waals surface area (Å²) >= 11 is 0. The first-order valence-electron chi connectivity index (χ1n) is 9.93. The van der Waals surface area contributed by atoms with Crippen LogP contribution in [0.5, 0.6) is 0 Å². The predicted octanol–water partition coefficient (Wildman–Crippen LogP) is 2.61. The molecule has 1 saturated heterocycles. The van der Waals surface area contributed by atoms with E-state index in [0.29, 0.717) is 41.1 Å². The minimum atomic E-state index is -0.111. The van der Waals surface area contributed by atoms with Crippen LogP contribution in [0.3, 0.4) is 0 Å². The topological polar surface area (TPSA) is 89.1 Å². The third-order valence-corrected chi connectivity index (χ3v) is 5.35. The van der Waals surface area contributed by atoms with E-state index in [1.165, 1.54) is 6.42 Å². The second-order valence-corrected chi connectivity index (χ2v) is 7.69. The molecular weight excluding hydrogens is 368 g/mol. The molecule has 1 aliphatic heterocycles. The van der Waals surface area contributed by atoms with Gasteiger partial charge in [0.15, 0.2) is 5.76 Å². The number of aryl methyl sites for hydroxylation is 1. The standard InChI is InChI=1S/C21H26N6O2/c1-14-6-7-19(29-14)18-8-9-22-21(25-18)27-15(2)17(12-24-27)20(28)23-11-16-5-4-10-26(3)13-16/h6-9,12,16H,4-5,10-11,13H2,1-3H3,(H,23,28). The first-order chi connectivity index (χ1) is 14.0. The van der Waals surface area contributed by atoms with E-state index in [-0.39, 0.29) is 5.91 Å². The third-order valence-electron chi connectivity index (χ3n) is 5.35. The smallest absolute Gasteiger partial charge is 0.254 e. The molecule has 3 aromatic rings. The van der Waals surface area contributed by atoms with Gasteiger partial charge >= 0.3 is 0 Å². The van der Waals surface area contributed by atoms with E-state index in [4.69, 9.17) is 4.42 Å². The quantitative estimate of drug-likeness (QED) is 0.716. The SMILES string of the molecule is Cc1ccc(-c2ccnc(-n3ncc(C(=O)NCC4CCCN(C)C4)c3C)n2)o1. The van der Waals surface area contributed by atoms with Crippen LogP contribution in [0.1, 0.15) is 34.7 Å². The lowest BCUT2D eigenvalue weighted by Gasteiger charge is -2.29. The summed E-state index contributed by atoms with van der Waals surface area (Å²) in [7, 11) is 2.13. The number of piperidine rings is 1. The van der Waals surface area contributed by atoms with Gasteiger partial charge in [-0.2, -0.15) is 5.10 Å². The summed E-state index contributed by atoms with van der Waals surface area (Å²) in [4.78, 5) is 23.9. The van der Waals surface area contributed by atoms with E-state index in [1.807, 2.05) is 26.0 Å². The highest BCUT2D eigenvalue weighted by Gasteiger charge is 2.21. The zero-order chi connectivity index (χ0) is 20.4. The summed E-state index contributed by atoms with van der Waals surface area (Å²) in [6, 6.07) is 5.55. The Labute approximate surface area is 170 Å². The van der Waals surface area contributed by atoms with Crippen LogP contribution >= 0.6 is 0 Å². The number of furan rings is 1. The zero-order valence-corrected chi connectivity index (χ0v) is 17.1. The number of nitrogens with zero attached hydrogens (tertiary/aromatic N) is 5. The van der Waals surface area contributed by atoms with Crippen molar-refractivity contribution in [3.05, 3.63) is 47.6 Å². The molecule has 1 fully saturated rings. The number of amides is 1. The van der Waals surface area contributed by atoms with Crippen LogP contribution < -0.4 is 5.32 Å². The fourth-order valence-corrected chi connectivity index (χ4v) is 3.77. The van der Waals surface area contributed by atoms with Crippen molar-refractivity contribution in [1.29, 1.82) is 0 Å². The Bertz CT molecular complexity index is 1010. The highest BCUT2D eigenvalue weighted by Crippen LogP contribution is 2.21. The van der Waals surface area contributed by atoms with E-state index in [1.54, 1.807) is 23.1 Å². The summed E-state index contributed by atoms with van der Waals surface area (Å²) in [5, 5.41) is 7.41. The number of carbonyl (C=O) groups excluding carboxylic acids is 1.